The van der Waals surface area contributed by atoms with Crippen molar-refractivity contribution in [2.75, 3.05) is 17.2 Å². The summed E-state index contributed by atoms with van der Waals surface area (Å²) in [5, 5.41) is 6.13. The lowest BCUT2D eigenvalue weighted by Gasteiger charge is -2.04. The summed E-state index contributed by atoms with van der Waals surface area (Å²) < 4.78 is 0. The van der Waals surface area contributed by atoms with E-state index >= 15 is 0 Å². The number of anilines is 2. The Morgan fingerprint density at radius 3 is 3.00 bits per heavy atom. The van der Waals surface area contributed by atoms with Crippen LogP contribution in [-0.2, 0) is 11.2 Å². The molecule has 3 nitrogen and oxygen atoms in total. The van der Waals surface area contributed by atoms with Crippen LogP contribution in [0.2, 0.25) is 0 Å². The molecule has 0 aromatic heterocycles. The van der Waals surface area contributed by atoms with Gasteiger partial charge in [-0.1, -0.05) is 18.2 Å². The lowest BCUT2D eigenvalue weighted by molar-refractivity contribution is -0.111. The molecule has 0 saturated carbocycles. The normalized spacial score (nSPS) is 13.2. The molecule has 1 amide bonds. The van der Waals surface area contributed by atoms with Crippen LogP contribution < -0.4 is 10.6 Å². The fraction of sp³-hybridized carbons (Fsp3) is 0.214. The molecule has 4 heteroatoms. The standard InChI is InChI=1S/C14H16N2O.ClH/c1-2-3-4-5-14(17)16-12-6-7-13-11(10-12)8-9-15-13;/h2-7,10,15H,8-9H2,1H3,(H,16,17);1H/b3-2+,5-4+;. The smallest absolute Gasteiger partial charge is 0.248 e. The van der Waals surface area contributed by atoms with Crippen molar-refractivity contribution in [1.82, 2.24) is 0 Å². The number of allylic oxidation sites excluding steroid dienone is 3. The number of amides is 1. The summed E-state index contributed by atoms with van der Waals surface area (Å²) in [4.78, 5) is 11.5. The van der Waals surface area contributed by atoms with Gasteiger partial charge in [-0.15, -0.1) is 12.4 Å². The minimum atomic E-state index is -0.103. The molecule has 0 atom stereocenters. The van der Waals surface area contributed by atoms with Gasteiger partial charge in [0.2, 0.25) is 5.91 Å². The zero-order chi connectivity index (χ0) is 12.1. The molecule has 1 aliphatic rings. The number of carbonyl (C=O) groups excluding carboxylic acids is 1. The van der Waals surface area contributed by atoms with Crippen molar-refractivity contribution in [3.63, 3.8) is 0 Å². The molecule has 96 valence electrons. The van der Waals surface area contributed by atoms with Crippen LogP contribution in [0.5, 0.6) is 0 Å². The monoisotopic (exact) mass is 264 g/mol. The van der Waals surface area contributed by atoms with Gasteiger partial charge in [0.05, 0.1) is 0 Å². The van der Waals surface area contributed by atoms with Gasteiger partial charge < -0.3 is 10.6 Å². The minimum absolute atomic E-state index is 0. The summed E-state index contributed by atoms with van der Waals surface area (Å²) in [5.74, 6) is -0.103. The van der Waals surface area contributed by atoms with E-state index in [-0.39, 0.29) is 18.3 Å². The lowest BCUT2D eigenvalue weighted by atomic mass is 10.1. The van der Waals surface area contributed by atoms with E-state index in [4.69, 9.17) is 0 Å². The maximum Gasteiger partial charge on any atom is 0.248 e. The van der Waals surface area contributed by atoms with Crippen molar-refractivity contribution < 1.29 is 4.79 Å². The largest absolute Gasteiger partial charge is 0.384 e. The van der Waals surface area contributed by atoms with Crippen LogP contribution in [0.25, 0.3) is 0 Å². The van der Waals surface area contributed by atoms with Gasteiger partial charge in [0, 0.05) is 24.0 Å². The molecule has 18 heavy (non-hydrogen) atoms. The molecule has 2 N–H and O–H groups in total. The molecule has 1 aromatic rings. The third kappa shape index (κ3) is 3.64. The molecule has 0 aliphatic carbocycles. The number of carbonyl (C=O) groups is 1. The molecule has 1 aromatic carbocycles. The average molecular weight is 265 g/mol. The Morgan fingerprint density at radius 1 is 1.39 bits per heavy atom. The Hall–Kier alpha value is -1.74. The number of hydrogen-bond donors (Lipinski definition) is 2. The molecule has 2 rings (SSSR count). The molecule has 0 bridgehead atoms. The van der Waals surface area contributed by atoms with Gasteiger partial charge in [-0.2, -0.15) is 0 Å². The first-order valence-electron chi connectivity index (χ1n) is 5.77. The number of benzene rings is 1. The number of hydrogen-bond acceptors (Lipinski definition) is 2. The van der Waals surface area contributed by atoms with Crippen LogP contribution >= 0.6 is 12.4 Å². The van der Waals surface area contributed by atoms with Gasteiger partial charge in [0.15, 0.2) is 0 Å². The SMILES string of the molecule is C/C=C/C=C/C(=O)Nc1ccc2c(c1)CCN2.Cl. The van der Waals surface area contributed by atoms with E-state index in [1.54, 1.807) is 6.08 Å². The predicted molar refractivity (Wildman–Crippen MR) is 78.5 cm³/mol. The molecule has 1 aliphatic heterocycles. The van der Waals surface area contributed by atoms with Crippen molar-refractivity contribution in [2.24, 2.45) is 0 Å². The van der Waals surface area contributed by atoms with Gasteiger partial charge in [-0.05, 0) is 37.1 Å². The topological polar surface area (TPSA) is 41.1 Å². The Morgan fingerprint density at radius 2 is 2.22 bits per heavy atom. The number of nitrogens with one attached hydrogen (secondary N) is 2. The highest BCUT2D eigenvalue weighted by atomic mass is 35.5. The van der Waals surface area contributed by atoms with E-state index in [0.29, 0.717) is 0 Å². The van der Waals surface area contributed by atoms with E-state index in [0.717, 1.165) is 18.7 Å². The molecule has 0 radical (unpaired) electrons. The average Bonchev–Trinajstić information content (AvgIpc) is 2.76. The van der Waals surface area contributed by atoms with Gasteiger partial charge >= 0.3 is 0 Å². The summed E-state index contributed by atoms with van der Waals surface area (Å²) >= 11 is 0. The number of halogens is 1. The van der Waals surface area contributed by atoms with Crippen molar-refractivity contribution in [1.29, 1.82) is 0 Å². The van der Waals surface area contributed by atoms with Crippen LogP contribution in [0.3, 0.4) is 0 Å². The van der Waals surface area contributed by atoms with Crippen molar-refractivity contribution in [3.8, 4) is 0 Å². The Balaban J connectivity index is 0.00000162. The highest BCUT2D eigenvalue weighted by molar-refractivity contribution is 5.99. The van der Waals surface area contributed by atoms with Crippen LogP contribution in [0.1, 0.15) is 12.5 Å². The molecule has 0 saturated heterocycles. The number of rotatable bonds is 3. The summed E-state index contributed by atoms with van der Waals surface area (Å²) in [6.45, 7) is 2.89. The molecule has 0 unspecified atom stereocenters. The number of fused-ring (bicyclic) bond motifs is 1. The first kappa shape index (κ1) is 14.3. The van der Waals surface area contributed by atoms with Gasteiger partial charge in [-0.25, -0.2) is 0 Å². The summed E-state index contributed by atoms with van der Waals surface area (Å²) in [6, 6.07) is 5.95. The quantitative estimate of drug-likeness (QED) is 0.650. The fourth-order valence-corrected chi connectivity index (χ4v) is 1.82. The summed E-state index contributed by atoms with van der Waals surface area (Å²) in [7, 11) is 0. The first-order valence-corrected chi connectivity index (χ1v) is 5.77. The lowest BCUT2D eigenvalue weighted by Crippen LogP contribution is -2.07. The maximum absolute atomic E-state index is 11.5. The van der Waals surface area contributed by atoms with Crippen molar-refractivity contribution in [2.45, 2.75) is 13.3 Å². The fourth-order valence-electron chi connectivity index (χ4n) is 1.82. The zero-order valence-electron chi connectivity index (χ0n) is 10.3. The third-order valence-corrected chi connectivity index (χ3v) is 2.63. The van der Waals surface area contributed by atoms with Crippen LogP contribution in [-0.4, -0.2) is 12.5 Å². The van der Waals surface area contributed by atoms with Gasteiger partial charge in [0.25, 0.3) is 0 Å². The second-order valence-electron chi connectivity index (χ2n) is 3.92. The van der Waals surface area contributed by atoms with Crippen molar-refractivity contribution >= 4 is 29.7 Å². The maximum atomic E-state index is 11.5. The zero-order valence-corrected chi connectivity index (χ0v) is 11.1. The molecular weight excluding hydrogens is 248 g/mol. The van der Waals surface area contributed by atoms with E-state index < -0.39 is 0 Å². The van der Waals surface area contributed by atoms with Crippen molar-refractivity contribution in [3.05, 3.63) is 48.1 Å². The van der Waals surface area contributed by atoms with Crippen LogP contribution in [0, 0.1) is 0 Å². The first-order chi connectivity index (χ1) is 8.29. The second kappa shape index (κ2) is 6.87. The second-order valence-corrected chi connectivity index (χ2v) is 3.92. The van der Waals surface area contributed by atoms with E-state index in [2.05, 4.69) is 10.6 Å². The molecule has 1 heterocycles. The van der Waals surface area contributed by atoms with Crippen LogP contribution in [0.4, 0.5) is 11.4 Å². The Labute approximate surface area is 113 Å². The minimum Gasteiger partial charge on any atom is -0.384 e. The third-order valence-electron chi connectivity index (χ3n) is 2.63. The summed E-state index contributed by atoms with van der Waals surface area (Å²) in [6.07, 6.45) is 7.97. The van der Waals surface area contributed by atoms with E-state index in [1.807, 2.05) is 37.3 Å². The van der Waals surface area contributed by atoms with E-state index in [9.17, 15) is 4.79 Å². The van der Waals surface area contributed by atoms with Crippen LogP contribution in [0.15, 0.2) is 42.5 Å². The molecule has 0 spiro atoms. The van der Waals surface area contributed by atoms with Gasteiger partial charge in [0.1, 0.15) is 0 Å². The Bertz CT molecular complexity index is 481. The summed E-state index contributed by atoms with van der Waals surface area (Å²) in [5.41, 5.74) is 3.29. The Kier molecular flexibility index (Phi) is 5.46. The molecule has 0 fully saturated rings. The molecular formula is C14H17ClN2O. The highest BCUT2D eigenvalue weighted by Crippen LogP contribution is 2.25. The van der Waals surface area contributed by atoms with E-state index in [1.165, 1.54) is 17.3 Å². The highest BCUT2D eigenvalue weighted by Gasteiger charge is 2.10. The van der Waals surface area contributed by atoms with Gasteiger partial charge in [-0.3, -0.25) is 4.79 Å². The predicted octanol–water partition coefficient (Wildman–Crippen LogP) is 3.15.